The fourth-order valence-electron chi connectivity index (χ4n) is 0.951. The van der Waals surface area contributed by atoms with E-state index in [1.54, 1.807) is 12.1 Å². The van der Waals surface area contributed by atoms with Crippen LogP contribution in [0.5, 0.6) is 5.75 Å². The van der Waals surface area contributed by atoms with E-state index in [0.29, 0.717) is 5.75 Å². The summed E-state index contributed by atoms with van der Waals surface area (Å²) in [7, 11) is 2.00. The van der Waals surface area contributed by atoms with Crippen LogP contribution in [0.1, 0.15) is 11.1 Å². The molecule has 0 aliphatic heterocycles. The second-order valence-electron chi connectivity index (χ2n) is 2.35. The number of hydrogen-bond acceptors (Lipinski definition) is 3. The predicted octanol–water partition coefficient (Wildman–Crippen LogP) is 1.23. The molecule has 0 atom stereocenters. The molecule has 3 N–H and O–H groups in total. The Labute approximate surface area is 79.3 Å². The van der Waals surface area contributed by atoms with Gasteiger partial charge in [0.2, 0.25) is 0 Å². The van der Waals surface area contributed by atoms with Crippen LogP contribution in [0.25, 0.3) is 0 Å². The molecule has 0 saturated carbocycles. The van der Waals surface area contributed by atoms with Gasteiger partial charge in [-0.3, -0.25) is 0 Å². The van der Waals surface area contributed by atoms with E-state index in [2.05, 4.69) is 0 Å². The van der Waals surface area contributed by atoms with E-state index in [0.717, 1.165) is 25.3 Å². The quantitative estimate of drug-likeness (QED) is 0.571. The highest BCUT2D eigenvalue weighted by Crippen LogP contribution is 2.13. The van der Waals surface area contributed by atoms with Crippen molar-refractivity contribution >= 4 is 0 Å². The monoisotopic (exact) mass is 186 g/mol. The Kier molecular flexibility index (Phi) is 10.0. The zero-order valence-electron chi connectivity index (χ0n) is 8.57. The van der Waals surface area contributed by atoms with Crippen LogP contribution in [0.15, 0.2) is 18.2 Å². The summed E-state index contributed by atoms with van der Waals surface area (Å²) in [5.74, 6) is 0.354. The van der Waals surface area contributed by atoms with Crippen molar-refractivity contribution in [2.24, 2.45) is 0 Å². The number of rotatable bonds is 0. The van der Waals surface area contributed by atoms with Gasteiger partial charge in [-0.15, -0.1) is 0 Å². The van der Waals surface area contributed by atoms with Gasteiger partial charge in [-0.05, 0) is 37.1 Å². The Bertz CT molecular complexity index is 171. The number of phenols is 1. The van der Waals surface area contributed by atoms with E-state index >= 15 is 0 Å². The van der Waals surface area contributed by atoms with Crippen LogP contribution in [0.3, 0.4) is 0 Å². The summed E-state index contributed by atoms with van der Waals surface area (Å²) < 4.78 is 0. The van der Waals surface area contributed by atoms with Gasteiger partial charge in [-0.25, -0.2) is 0 Å². The van der Waals surface area contributed by atoms with Crippen molar-refractivity contribution in [3.8, 4) is 5.75 Å². The normalized spacial score (nSPS) is 7.54. The molecular weight excluding hydrogens is 168 g/mol. The van der Waals surface area contributed by atoms with Gasteiger partial charge in [0, 0.05) is 14.2 Å². The first-order chi connectivity index (χ1) is 6.18. The van der Waals surface area contributed by atoms with Crippen LogP contribution in [-0.2, 0) is 0 Å². The van der Waals surface area contributed by atoms with Crippen LogP contribution in [-0.4, -0.2) is 29.5 Å². The van der Waals surface area contributed by atoms with Gasteiger partial charge in [-0.2, -0.15) is 0 Å². The molecule has 13 heavy (non-hydrogen) atoms. The average molecular weight is 186 g/mol. The molecule has 0 fully saturated rings. The van der Waals surface area contributed by atoms with Crippen LogP contribution < -0.4 is 0 Å². The second kappa shape index (κ2) is 9.03. The summed E-state index contributed by atoms with van der Waals surface area (Å²) >= 11 is 0. The summed E-state index contributed by atoms with van der Waals surface area (Å²) in [6.07, 6.45) is 0. The van der Waals surface area contributed by atoms with E-state index < -0.39 is 0 Å². The highest BCUT2D eigenvalue weighted by molar-refractivity contribution is 5.31. The van der Waals surface area contributed by atoms with Gasteiger partial charge < -0.3 is 15.3 Å². The molecule has 0 aromatic heterocycles. The Morgan fingerprint density at radius 3 is 1.31 bits per heavy atom. The van der Waals surface area contributed by atoms with Gasteiger partial charge in [0.05, 0.1) is 0 Å². The van der Waals surface area contributed by atoms with Gasteiger partial charge in [0.25, 0.3) is 0 Å². The number of aliphatic hydroxyl groups is 2. The van der Waals surface area contributed by atoms with Gasteiger partial charge in [0.15, 0.2) is 0 Å². The molecule has 0 unspecified atom stereocenters. The minimum Gasteiger partial charge on any atom is -0.508 e. The Morgan fingerprint density at radius 2 is 1.08 bits per heavy atom. The Balaban J connectivity index is 0. The molecule has 1 aromatic carbocycles. The SMILES string of the molecule is CO.CO.Cc1cc(C)cc(O)c1. The molecule has 0 radical (unpaired) electrons. The maximum atomic E-state index is 8.99. The van der Waals surface area contributed by atoms with Crippen molar-refractivity contribution in [2.45, 2.75) is 13.8 Å². The van der Waals surface area contributed by atoms with Crippen molar-refractivity contribution < 1.29 is 15.3 Å². The van der Waals surface area contributed by atoms with Gasteiger partial charge in [0.1, 0.15) is 5.75 Å². The molecule has 3 nitrogen and oxygen atoms in total. The fourth-order valence-corrected chi connectivity index (χ4v) is 0.951. The summed E-state index contributed by atoms with van der Waals surface area (Å²) in [4.78, 5) is 0. The number of aryl methyl sites for hydroxylation is 2. The zero-order chi connectivity index (χ0) is 10.9. The third kappa shape index (κ3) is 7.31. The molecule has 0 spiro atoms. The minimum absolute atomic E-state index is 0.354. The van der Waals surface area contributed by atoms with Crippen molar-refractivity contribution in [3.63, 3.8) is 0 Å². The maximum absolute atomic E-state index is 8.99. The van der Waals surface area contributed by atoms with Crippen molar-refractivity contribution in [2.75, 3.05) is 14.2 Å². The lowest BCUT2D eigenvalue weighted by Gasteiger charge is -1.95. The smallest absolute Gasteiger partial charge is 0.116 e. The lowest BCUT2D eigenvalue weighted by molar-refractivity contribution is 0.399. The summed E-state index contributed by atoms with van der Waals surface area (Å²) in [6, 6.07) is 5.51. The zero-order valence-corrected chi connectivity index (χ0v) is 8.57. The largest absolute Gasteiger partial charge is 0.508 e. The summed E-state index contributed by atoms with van der Waals surface area (Å²) in [6.45, 7) is 3.93. The number of aromatic hydroxyl groups is 1. The van der Waals surface area contributed by atoms with Crippen molar-refractivity contribution in [3.05, 3.63) is 29.3 Å². The van der Waals surface area contributed by atoms with Gasteiger partial charge in [-0.1, -0.05) is 6.07 Å². The lowest BCUT2D eigenvalue weighted by atomic mass is 10.1. The molecule has 1 rings (SSSR count). The number of hydrogen-bond donors (Lipinski definition) is 3. The third-order valence-corrected chi connectivity index (χ3v) is 1.21. The topological polar surface area (TPSA) is 60.7 Å². The number of phenolic OH excluding ortho intramolecular Hbond substituents is 1. The summed E-state index contributed by atoms with van der Waals surface area (Å²) in [5.41, 5.74) is 2.21. The molecular formula is C10H18O3. The average Bonchev–Trinajstić information content (AvgIpc) is 2.09. The standard InChI is InChI=1S/C8H10O.2CH4O/c1-6-3-7(2)5-8(9)4-6;2*1-2/h3-5,9H,1-2H3;2*2H,1H3. The Hall–Kier alpha value is -1.06. The van der Waals surface area contributed by atoms with Crippen LogP contribution >= 0.6 is 0 Å². The van der Waals surface area contributed by atoms with Crippen LogP contribution in [0, 0.1) is 13.8 Å². The molecule has 0 saturated heterocycles. The maximum Gasteiger partial charge on any atom is 0.116 e. The van der Waals surface area contributed by atoms with E-state index in [4.69, 9.17) is 15.3 Å². The fraction of sp³-hybridized carbons (Fsp3) is 0.400. The molecule has 3 heteroatoms. The van der Waals surface area contributed by atoms with E-state index in [1.165, 1.54) is 0 Å². The van der Waals surface area contributed by atoms with E-state index in [-0.39, 0.29) is 0 Å². The number of aliphatic hydroxyl groups excluding tert-OH is 2. The highest BCUT2D eigenvalue weighted by Gasteiger charge is 1.89. The first kappa shape index (κ1) is 14.5. The molecule has 1 aromatic rings. The molecule has 0 amide bonds. The van der Waals surface area contributed by atoms with Crippen LogP contribution in [0.4, 0.5) is 0 Å². The van der Waals surface area contributed by atoms with E-state index in [9.17, 15) is 0 Å². The van der Waals surface area contributed by atoms with Crippen LogP contribution in [0.2, 0.25) is 0 Å². The van der Waals surface area contributed by atoms with Gasteiger partial charge >= 0.3 is 0 Å². The minimum atomic E-state index is 0.354. The second-order valence-corrected chi connectivity index (χ2v) is 2.35. The van der Waals surface area contributed by atoms with E-state index in [1.807, 2.05) is 19.9 Å². The lowest BCUT2D eigenvalue weighted by Crippen LogP contribution is -1.74. The molecule has 0 bridgehead atoms. The Morgan fingerprint density at radius 1 is 0.769 bits per heavy atom. The molecule has 0 aliphatic carbocycles. The predicted molar refractivity (Wildman–Crippen MR) is 53.9 cm³/mol. The number of benzene rings is 1. The van der Waals surface area contributed by atoms with Crippen molar-refractivity contribution in [1.82, 2.24) is 0 Å². The third-order valence-electron chi connectivity index (χ3n) is 1.21. The summed E-state index contributed by atoms with van der Waals surface area (Å²) in [5, 5.41) is 23.0. The van der Waals surface area contributed by atoms with Crippen molar-refractivity contribution in [1.29, 1.82) is 0 Å². The molecule has 76 valence electrons. The first-order valence-corrected chi connectivity index (χ1v) is 3.85. The molecule has 0 aliphatic rings. The molecule has 0 heterocycles. The highest BCUT2D eigenvalue weighted by atomic mass is 16.3. The first-order valence-electron chi connectivity index (χ1n) is 3.85.